The molecule has 1 aromatic heterocycles. The van der Waals surface area contributed by atoms with Crippen molar-refractivity contribution in [1.29, 1.82) is 0 Å². The van der Waals surface area contributed by atoms with Crippen molar-refractivity contribution in [2.45, 2.75) is 88.4 Å². The Morgan fingerprint density at radius 3 is 2.13 bits per heavy atom. The molecule has 3 aliphatic rings. The standard InChI is InChI=1S/C32H37NO12/c1-17(34)41-16-31-25(42-18(2)35)21(43-28(39)20-12-9-13-33-15-20)14-30(5,40)32(31)24(37)22(29(3,4)45-32)23(36)26(31)44-27(38)19-10-7-6-8-11-19/h6-13,15,21-26,36-37,40H,14,16H2,1-5H3/t21-,22+,23-,24+,25-,26+,30-,31-,32-/m0/s1. The number of fused-ring (bicyclic) bond motifs is 1. The third kappa shape index (κ3) is 5.07. The molecule has 1 aromatic carbocycles. The quantitative estimate of drug-likeness (QED) is 0.295. The summed E-state index contributed by atoms with van der Waals surface area (Å²) < 4.78 is 29.8. The molecule has 2 heterocycles. The molecule has 0 unspecified atom stereocenters. The lowest BCUT2D eigenvalue weighted by Crippen LogP contribution is -2.85. The van der Waals surface area contributed by atoms with Crippen LogP contribution in [-0.4, -0.2) is 98.1 Å². The molecule has 1 aliphatic heterocycles. The van der Waals surface area contributed by atoms with Crippen LogP contribution in [0.2, 0.25) is 0 Å². The maximum absolute atomic E-state index is 13.6. The van der Waals surface area contributed by atoms with Gasteiger partial charge in [-0.05, 0) is 45.0 Å². The highest BCUT2D eigenvalue weighted by Gasteiger charge is 2.87. The Labute approximate surface area is 259 Å². The first-order valence-corrected chi connectivity index (χ1v) is 14.6. The van der Waals surface area contributed by atoms with E-state index in [1.165, 1.54) is 43.6 Å². The van der Waals surface area contributed by atoms with E-state index in [1.807, 2.05) is 0 Å². The van der Waals surface area contributed by atoms with Crippen molar-refractivity contribution in [2.24, 2.45) is 11.3 Å². The molecule has 5 rings (SSSR count). The number of nitrogens with zero attached hydrogens (tertiary/aromatic N) is 1. The number of esters is 4. The van der Waals surface area contributed by atoms with E-state index in [-0.39, 0.29) is 11.1 Å². The largest absolute Gasteiger partial charge is 0.465 e. The number of benzene rings is 1. The number of ether oxygens (including phenoxy) is 5. The summed E-state index contributed by atoms with van der Waals surface area (Å²) in [6.45, 7) is 5.90. The second-order valence-electron chi connectivity index (χ2n) is 12.6. The van der Waals surface area contributed by atoms with E-state index in [2.05, 4.69) is 4.98 Å². The van der Waals surface area contributed by atoms with Crippen molar-refractivity contribution >= 4 is 23.9 Å². The van der Waals surface area contributed by atoms with Gasteiger partial charge in [0.1, 0.15) is 35.9 Å². The number of carbonyl (C=O) groups excluding carboxylic acids is 4. The predicted molar refractivity (Wildman–Crippen MR) is 152 cm³/mol. The highest BCUT2D eigenvalue weighted by atomic mass is 16.6. The van der Waals surface area contributed by atoms with Crippen LogP contribution in [0, 0.1) is 11.3 Å². The summed E-state index contributed by atoms with van der Waals surface area (Å²) in [5.74, 6) is -4.62. The number of aromatic nitrogens is 1. The van der Waals surface area contributed by atoms with E-state index < -0.39 is 95.6 Å². The second kappa shape index (κ2) is 11.5. The molecule has 2 saturated carbocycles. The van der Waals surface area contributed by atoms with Crippen molar-refractivity contribution in [3.05, 3.63) is 66.0 Å². The monoisotopic (exact) mass is 627 g/mol. The van der Waals surface area contributed by atoms with Gasteiger partial charge in [-0.3, -0.25) is 14.6 Å². The van der Waals surface area contributed by atoms with Crippen LogP contribution in [0.3, 0.4) is 0 Å². The van der Waals surface area contributed by atoms with Gasteiger partial charge in [0.15, 0.2) is 6.10 Å². The molecule has 1 spiro atoms. The van der Waals surface area contributed by atoms with Crippen LogP contribution in [0.25, 0.3) is 0 Å². The van der Waals surface area contributed by atoms with Crippen LogP contribution in [-0.2, 0) is 33.3 Å². The van der Waals surface area contributed by atoms with E-state index >= 15 is 0 Å². The molecular weight excluding hydrogens is 590 g/mol. The Hall–Kier alpha value is -3.91. The number of rotatable bonds is 7. The summed E-state index contributed by atoms with van der Waals surface area (Å²) in [6, 6.07) is 10.8. The van der Waals surface area contributed by atoms with Crippen molar-refractivity contribution in [3.63, 3.8) is 0 Å². The van der Waals surface area contributed by atoms with E-state index in [9.17, 15) is 34.5 Å². The van der Waals surface area contributed by atoms with Crippen molar-refractivity contribution < 1.29 is 58.2 Å². The molecule has 3 N–H and O–H groups in total. The van der Waals surface area contributed by atoms with E-state index in [1.54, 1.807) is 32.0 Å². The number of pyridine rings is 1. The molecule has 3 fully saturated rings. The molecule has 2 bridgehead atoms. The fourth-order valence-electron chi connectivity index (χ4n) is 7.71. The topological polar surface area (TPSA) is 188 Å². The summed E-state index contributed by atoms with van der Waals surface area (Å²) in [6.07, 6.45) is -6.03. The zero-order valence-corrected chi connectivity index (χ0v) is 25.5. The molecule has 2 aromatic rings. The van der Waals surface area contributed by atoms with Gasteiger partial charge >= 0.3 is 23.9 Å². The molecule has 242 valence electrons. The molecule has 0 amide bonds. The summed E-state index contributed by atoms with van der Waals surface area (Å²) in [7, 11) is 0. The van der Waals surface area contributed by atoms with Gasteiger partial charge in [-0.25, -0.2) is 9.59 Å². The second-order valence-corrected chi connectivity index (χ2v) is 12.6. The summed E-state index contributed by atoms with van der Waals surface area (Å²) >= 11 is 0. The van der Waals surface area contributed by atoms with Gasteiger partial charge in [0.25, 0.3) is 0 Å². The first-order valence-electron chi connectivity index (χ1n) is 14.6. The van der Waals surface area contributed by atoms with Crippen LogP contribution in [0.4, 0.5) is 0 Å². The molecule has 13 nitrogen and oxygen atoms in total. The number of hydrogen-bond donors (Lipinski definition) is 3. The molecule has 45 heavy (non-hydrogen) atoms. The minimum absolute atomic E-state index is 0.0436. The third-order valence-electron chi connectivity index (χ3n) is 9.31. The van der Waals surface area contributed by atoms with Gasteiger partial charge in [0, 0.05) is 38.6 Å². The third-order valence-corrected chi connectivity index (χ3v) is 9.31. The number of aliphatic hydroxyl groups excluding tert-OH is 2. The van der Waals surface area contributed by atoms with Crippen molar-refractivity contribution in [3.8, 4) is 0 Å². The zero-order chi connectivity index (χ0) is 32.9. The molecule has 2 aliphatic carbocycles. The van der Waals surface area contributed by atoms with Gasteiger partial charge < -0.3 is 39.0 Å². The van der Waals surface area contributed by atoms with Gasteiger partial charge in [0.2, 0.25) is 0 Å². The van der Waals surface area contributed by atoms with Crippen LogP contribution in [0.15, 0.2) is 54.9 Å². The SMILES string of the molecule is CC(=O)OC[C@]12[C@H](OC(=O)c3ccccc3)[C@@H](O)[C@@H]3[C@@H](O)[C@]1(OC3(C)C)[C@@](C)(O)C[C@H](OC(=O)c1cccnc1)[C@@H]2OC(C)=O. The fourth-order valence-corrected chi connectivity index (χ4v) is 7.71. The predicted octanol–water partition coefficient (Wildman–Crippen LogP) is 1.37. The summed E-state index contributed by atoms with van der Waals surface area (Å²) in [4.78, 5) is 56.0. The smallest absolute Gasteiger partial charge is 0.340 e. The lowest BCUT2D eigenvalue weighted by Gasteiger charge is -2.66. The zero-order valence-electron chi connectivity index (χ0n) is 25.5. The maximum atomic E-state index is 13.6. The number of hydrogen-bond acceptors (Lipinski definition) is 13. The Bertz CT molecular complexity index is 1460. The highest BCUT2D eigenvalue weighted by molar-refractivity contribution is 5.90. The first-order chi connectivity index (χ1) is 21.1. The molecule has 13 heteroatoms. The molecule has 1 saturated heterocycles. The number of aliphatic hydroxyl groups is 3. The highest BCUT2D eigenvalue weighted by Crippen LogP contribution is 2.68. The van der Waals surface area contributed by atoms with Crippen molar-refractivity contribution in [1.82, 2.24) is 4.98 Å². The minimum Gasteiger partial charge on any atom is -0.465 e. The molecule has 9 atom stereocenters. The summed E-state index contributed by atoms with van der Waals surface area (Å²) in [5.41, 5.74) is -7.79. The molecule has 0 radical (unpaired) electrons. The van der Waals surface area contributed by atoms with Crippen LogP contribution < -0.4 is 0 Å². The van der Waals surface area contributed by atoms with Gasteiger partial charge in [-0.1, -0.05) is 18.2 Å². The van der Waals surface area contributed by atoms with Gasteiger partial charge in [0.05, 0.1) is 28.4 Å². The van der Waals surface area contributed by atoms with E-state index in [4.69, 9.17) is 23.7 Å². The maximum Gasteiger partial charge on any atom is 0.340 e. The van der Waals surface area contributed by atoms with Crippen molar-refractivity contribution in [2.75, 3.05) is 6.61 Å². The lowest BCUT2D eigenvalue weighted by atomic mass is 9.46. The lowest BCUT2D eigenvalue weighted by molar-refractivity contribution is -0.361. The molecular formula is C32H37NO12. The Morgan fingerprint density at radius 1 is 0.889 bits per heavy atom. The van der Waals surface area contributed by atoms with Gasteiger partial charge in [-0.15, -0.1) is 0 Å². The van der Waals surface area contributed by atoms with E-state index in [0.29, 0.717) is 0 Å². The van der Waals surface area contributed by atoms with Crippen LogP contribution in [0.1, 0.15) is 61.8 Å². The van der Waals surface area contributed by atoms with E-state index in [0.717, 1.165) is 13.8 Å². The minimum atomic E-state index is -2.24. The normalized spacial score (nSPS) is 36.3. The van der Waals surface area contributed by atoms with Crippen LogP contribution in [0.5, 0.6) is 0 Å². The average Bonchev–Trinajstić information content (AvgIpc) is 3.17. The average molecular weight is 628 g/mol. The summed E-state index contributed by atoms with van der Waals surface area (Å²) in [5, 5.41) is 36.4. The Morgan fingerprint density at radius 2 is 1.53 bits per heavy atom. The van der Waals surface area contributed by atoms with Crippen LogP contribution >= 0.6 is 0 Å². The fraction of sp³-hybridized carbons (Fsp3) is 0.531. The Balaban J connectivity index is 1.76. The first kappa shape index (κ1) is 32.5. The Kier molecular flexibility index (Phi) is 8.28. The number of carbonyl (C=O) groups is 4. The van der Waals surface area contributed by atoms with Gasteiger partial charge in [-0.2, -0.15) is 0 Å².